The number of likely N-dealkylation sites (N-methyl/N-ethyl adjacent to an activating group) is 1. The number of hydrogen-bond acceptors (Lipinski definition) is 3. The molecule has 0 aromatic rings. The molecule has 2 atom stereocenters. The highest BCUT2D eigenvalue weighted by atomic mass is 16.2. The Kier molecular flexibility index (Phi) is 5.22. The highest BCUT2D eigenvalue weighted by Gasteiger charge is 2.20. The standard InChI is InChI=1S/C12H25N3O/c1-9(2)15(4)8-12(16)14-11-5-6-13-10(3)7-11/h9-11,13H,5-8H2,1-4H3,(H,14,16). The van der Waals surface area contributed by atoms with Crippen LogP contribution in [0.15, 0.2) is 0 Å². The molecular formula is C12H25N3O. The predicted octanol–water partition coefficient (Wildman–Crippen LogP) is 0.583. The van der Waals surface area contributed by atoms with Crippen LogP contribution in [0.3, 0.4) is 0 Å². The fraction of sp³-hybridized carbons (Fsp3) is 0.917. The molecule has 0 aromatic heterocycles. The molecule has 16 heavy (non-hydrogen) atoms. The Labute approximate surface area is 98.8 Å². The predicted molar refractivity (Wildman–Crippen MR) is 66.4 cm³/mol. The average Bonchev–Trinajstić information content (AvgIpc) is 2.16. The van der Waals surface area contributed by atoms with Gasteiger partial charge in [0.05, 0.1) is 6.54 Å². The van der Waals surface area contributed by atoms with Gasteiger partial charge in [0.25, 0.3) is 0 Å². The van der Waals surface area contributed by atoms with Crippen LogP contribution in [0.4, 0.5) is 0 Å². The molecule has 0 aliphatic carbocycles. The van der Waals surface area contributed by atoms with Gasteiger partial charge < -0.3 is 10.6 Å². The number of hydrogen-bond donors (Lipinski definition) is 2. The lowest BCUT2D eigenvalue weighted by molar-refractivity contribution is -0.123. The van der Waals surface area contributed by atoms with Gasteiger partial charge in [-0.25, -0.2) is 0 Å². The minimum Gasteiger partial charge on any atom is -0.352 e. The summed E-state index contributed by atoms with van der Waals surface area (Å²) in [6.07, 6.45) is 2.08. The van der Waals surface area contributed by atoms with Gasteiger partial charge in [0.15, 0.2) is 0 Å². The Morgan fingerprint density at radius 3 is 2.81 bits per heavy atom. The summed E-state index contributed by atoms with van der Waals surface area (Å²) < 4.78 is 0. The van der Waals surface area contributed by atoms with Crippen LogP contribution < -0.4 is 10.6 Å². The van der Waals surface area contributed by atoms with E-state index in [4.69, 9.17) is 0 Å². The van der Waals surface area contributed by atoms with Crippen molar-refractivity contribution in [2.24, 2.45) is 0 Å². The average molecular weight is 227 g/mol. The Hall–Kier alpha value is -0.610. The lowest BCUT2D eigenvalue weighted by Gasteiger charge is -2.29. The molecule has 4 nitrogen and oxygen atoms in total. The number of carbonyl (C=O) groups is 1. The van der Waals surface area contributed by atoms with Crippen LogP contribution >= 0.6 is 0 Å². The van der Waals surface area contributed by atoms with Crippen molar-refractivity contribution < 1.29 is 4.79 Å². The zero-order chi connectivity index (χ0) is 12.1. The molecule has 1 rings (SSSR count). The molecule has 1 fully saturated rings. The molecule has 0 aromatic carbocycles. The van der Waals surface area contributed by atoms with Gasteiger partial charge in [-0.1, -0.05) is 0 Å². The van der Waals surface area contributed by atoms with Crippen molar-refractivity contribution in [3.8, 4) is 0 Å². The second kappa shape index (κ2) is 6.21. The summed E-state index contributed by atoms with van der Waals surface area (Å²) in [5.41, 5.74) is 0. The van der Waals surface area contributed by atoms with Crippen LogP contribution in [-0.2, 0) is 4.79 Å². The Bertz CT molecular complexity index is 230. The van der Waals surface area contributed by atoms with E-state index in [0.717, 1.165) is 19.4 Å². The Morgan fingerprint density at radius 2 is 2.25 bits per heavy atom. The minimum atomic E-state index is 0.148. The van der Waals surface area contributed by atoms with Gasteiger partial charge in [-0.15, -0.1) is 0 Å². The third-order valence-electron chi connectivity index (χ3n) is 3.26. The van der Waals surface area contributed by atoms with Gasteiger partial charge in [0, 0.05) is 18.1 Å². The zero-order valence-corrected chi connectivity index (χ0v) is 10.9. The first-order valence-electron chi connectivity index (χ1n) is 6.22. The highest BCUT2D eigenvalue weighted by molar-refractivity contribution is 5.78. The second-order valence-electron chi connectivity index (χ2n) is 5.15. The number of nitrogens with one attached hydrogen (secondary N) is 2. The topological polar surface area (TPSA) is 44.4 Å². The quantitative estimate of drug-likeness (QED) is 0.738. The van der Waals surface area contributed by atoms with Crippen LogP contribution in [0.1, 0.15) is 33.6 Å². The Balaban J connectivity index is 2.28. The molecule has 1 aliphatic rings. The normalized spacial score (nSPS) is 26.1. The smallest absolute Gasteiger partial charge is 0.234 e. The SMILES string of the molecule is CC1CC(NC(=O)CN(C)C(C)C)CCN1. The lowest BCUT2D eigenvalue weighted by atomic mass is 10.0. The summed E-state index contributed by atoms with van der Waals surface area (Å²) in [6, 6.07) is 1.28. The van der Waals surface area contributed by atoms with Gasteiger partial charge in [0.2, 0.25) is 5.91 Å². The second-order valence-corrected chi connectivity index (χ2v) is 5.15. The first kappa shape index (κ1) is 13.5. The maximum atomic E-state index is 11.8. The van der Waals surface area contributed by atoms with Gasteiger partial charge in [-0.3, -0.25) is 9.69 Å². The summed E-state index contributed by atoms with van der Waals surface area (Å²) >= 11 is 0. The fourth-order valence-electron chi connectivity index (χ4n) is 1.95. The molecule has 0 bridgehead atoms. The third-order valence-corrected chi connectivity index (χ3v) is 3.26. The number of nitrogens with zero attached hydrogens (tertiary/aromatic N) is 1. The van der Waals surface area contributed by atoms with Gasteiger partial charge in [0.1, 0.15) is 0 Å². The van der Waals surface area contributed by atoms with Crippen molar-refractivity contribution in [1.82, 2.24) is 15.5 Å². The van der Waals surface area contributed by atoms with Crippen molar-refractivity contribution in [2.45, 2.75) is 51.7 Å². The molecule has 4 heteroatoms. The number of amides is 1. The number of rotatable bonds is 4. The molecule has 2 N–H and O–H groups in total. The minimum absolute atomic E-state index is 0.148. The fourth-order valence-corrected chi connectivity index (χ4v) is 1.95. The molecular weight excluding hydrogens is 202 g/mol. The largest absolute Gasteiger partial charge is 0.352 e. The van der Waals surface area contributed by atoms with E-state index in [1.54, 1.807) is 0 Å². The van der Waals surface area contributed by atoms with Crippen molar-refractivity contribution in [3.63, 3.8) is 0 Å². The van der Waals surface area contributed by atoms with Crippen LogP contribution in [0.2, 0.25) is 0 Å². The maximum Gasteiger partial charge on any atom is 0.234 e. The number of piperidine rings is 1. The van der Waals surface area contributed by atoms with E-state index >= 15 is 0 Å². The zero-order valence-electron chi connectivity index (χ0n) is 10.9. The molecule has 1 heterocycles. The maximum absolute atomic E-state index is 11.8. The van der Waals surface area contributed by atoms with Gasteiger partial charge in [-0.05, 0) is 47.2 Å². The van der Waals surface area contributed by atoms with Gasteiger partial charge in [-0.2, -0.15) is 0 Å². The van der Waals surface area contributed by atoms with E-state index in [1.807, 2.05) is 7.05 Å². The summed E-state index contributed by atoms with van der Waals surface area (Å²) in [5.74, 6) is 0.148. The van der Waals surface area contributed by atoms with E-state index in [9.17, 15) is 4.79 Å². The van der Waals surface area contributed by atoms with Crippen LogP contribution in [-0.4, -0.2) is 49.1 Å². The molecule has 0 spiro atoms. The summed E-state index contributed by atoms with van der Waals surface area (Å²) in [6.45, 7) is 7.86. The molecule has 2 unspecified atom stereocenters. The van der Waals surface area contributed by atoms with Crippen molar-refractivity contribution in [1.29, 1.82) is 0 Å². The molecule has 1 saturated heterocycles. The monoisotopic (exact) mass is 227 g/mol. The first-order chi connectivity index (χ1) is 7.49. The van der Waals surface area contributed by atoms with Gasteiger partial charge >= 0.3 is 0 Å². The summed E-state index contributed by atoms with van der Waals surface area (Å²) in [5, 5.41) is 6.50. The van der Waals surface area contributed by atoms with Crippen LogP contribution in [0, 0.1) is 0 Å². The van der Waals surface area contributed by atoms with E-state index in [1.165, 1.54) is 0 Å². The van der Waals surface area contributed by atoms with E-state index in [0.29, 0.717) is 24.7 Å². The molecule has 94 valence electrons. The molecule has 0 radical (unpaired) electrons. The summed E-state index contributed by atoms with van der Waals surface area (Å²) in [4.78, 5) is 13.8. The third kappa shape index (κ3) is 4.49. The van der Waals surface area contributed by atoms with Crippen molar-refractivity contribution in [2.75, 3.05) is 20.1 Å². The highest BCUT2D eigenvalue weighted by Crippen LogP contribution is 2.07. The van der Waals surface area contributed by atoms with E-state index in [-0.39, 0.29) is 5.91 Å². The lowest BCUT2D eigenvalue weighted by Crippen LogP contribution is -2.49. The van der Waals surface area contributed by atoms with Crippen LogP contribution in [0.5, 0.6) is 0 Å². The van der Waals surface area contributed by atoms with E-state index < -0.39 is 0 Å². The first-order valence-corrected chi connectivity index (χ1v) is 6.22. The Morgan fingerprint density at radius 1 is 1.56 bits per heavy atom. The molecule has 0 saturated carbocycles. The van der Waals surface area contributed by atoms with E-state index in [2.05, 4.69) is 36.3 Å². The number of carbonyl (C=O) groups excluding carboxylic acids is 1. The summed E-state index contributed by atoms with van der Waals surface area (Å²) in [7, 11) is 1.98. The van der Waals surface area contributed by atoms with Crippen molar-refractivity contribution >= 4 is 5.91 Å². The van der Waals surface area contributed by atoms with Crippen LogP contribution in [0.25, 0.3) is 0 Å². The molecule has 1 aliphatic heterocycles. The van der Waals surface area contributed by atoms with Crippen molar-refractivity contribution in [3.05, 3.63) is 0 Å². The molecule has 1 amide bonds.